The van der Waals surface area contributed by atoms with E-state index in [-0.39, 0.29) is 0 Å². The molecule has 0 amide bonds. The van der Waals surface area contributed by atoms with Gasteiger partial charge >= 0.3 is 0 Å². The lowest BCUT2D eigenvalue weighted by atomic mass is 9.96. The van der Waals surface area contributed by atoms with Gasteiger partial charge in [-0.1, -0.05) is 35.6 Å². The molecule has 2 aliphatic rings. The van der Waals surface area contributed by atoms with Crippen LogP contribution in [0.2, 0.25) is 0 Å². The maximum atomic E-state index is 5.47. The maximum absolute atomic E-state index is 5.47. The Bertz CT molecular complexity index is 1030. The van der Waals surface area contributed by atoms with Crippen LogP contribution in [0.15, 0.2) is 54.7 Å². The molecule has 0 spiro atoms. The number of ether oxygens (including phenoxy) is 2. The third-order valence-electron chi connectivity index (χ3n) is 4.98. The fourth-order valence-electron chi connectivity index (χ4n) is 3.56. The van der Waals surface area contributed by atoms with Crippen LogP contribution < -0.4 is 20.1 Å². The van der Waals surface area contributed by atoms with Crippen molar-refractivity contribution >= 4 is 27.7 Å². The third-order valence-corrected chi connectivity index (χ3v) is 5.98. The van der Waals surface area contributed by atoms with Crippen molar-refractivity contribution in [2.24, 2.45) is 0 Å². The summed E-state index contributed by atoms with van der Waals surface area (Å²) in [6, 6.07) is 14.5. The Kier molecular flexibility index (Phi) is 4.62. The fourth-order valence-corrected chi connectivity index (χ4v) is 4.40. The van der Waals surface area contributed by atoms with Gasteiger partial charge in [0.05, 0.1) is 4.88 Å². The molecule has 142 valence electrons. The van der Waals surface area contributed by atoms with E-state index in [0.29, 0.717) is 6.79 Å². The molecule has 5 rings (SSSR count). The number of allylic oxidation sites excluding steroid dienone is 1. The first-order valence-electron chi connectivity index (χ1n) is 9.49. The number of thiazole rings is 1. The summed E-state index contributed by atoms with van der Waals surface area (Å²) >= 11 is 1.66. The number of anilines is 2. The van der Waals surface area contributed by atoms with Gasteiger partial charge in [-0.25, -0.2) is 4.98 Å². The Labute approximate surface area is 168 Å². The van der Waals surface area contributed by atoms with Gasteiger partial charge in [0.1, 0.15) is 0 Å². The minimum atomic E-state index is 0.297. The van der Waals surface area contributed by atoms with Crippen molar-refractivity contribution in [2.45, 2.75) is 12.8 Å². The molecule has 2 aliphatic heterocycles. The van der Waals surface area contributed by atoms with Gasteiger partial charge in [-0.3, -0.25) is 0 Å². The number of hydrogen-bond donors (Lipinski definition) is 2. The van der Waals surface area contributed by atoms with Gasteiger partial charge in [-0.05, 0) is 48.2 Å². The molecule has 3 aromatic rings. The van der Waals surface area contributed by atoms with Crippen LogP contribution in [0, 0.1) is 0 Å². The Morgan fingerprint density at radius 2 is 2.04 bits per heavy atom. The molecular formula is C22H21N3O2S. The van der Waals surface area contributed by atoms with Crippen molar-refractivity contribution in [3.8, 4) is 21.9 Å². The number of nitrogens with one attached hydrogen (secondary N) is 2. The fraction of sp³-hybridized carbons (Fsp3) is 0.227. The molecular weight excluding hydrogens is 370 g/mol. The van der Waals surface area contributed by atoms with Crippen LogP contribution in [-0.2, 0) is 0 Å². The molecule has 6 heteroatoms. The van der Waals surface area contributed by atoms with E-state index in [4.69, 9.17) is 9.47 Å². The quantitative estimate of drug-likeness (QED) is 0.563. The van der Waals surface area contributed by atoms with Crippen LogP contribution in [-0.4, -0.2) is 24.9 Å². The summed E-state index contributed by atoms with van der Waals surface area (Å²) in [6.45, 7) is 2.11. The van der Waals surface area contributed by atoms with Crippen LogP contribution >= 0.6 is 11.3 Å². The van der Waals surface area contributed by atoms with Crippen LogP contribution in [0.3, 0.4) is 0 Å². The van der Waals surface area contributed by atoms with Gasteiger partial charge in [0.2, 0.25) is 6.79 Å². The standard InChI is InChI=1S/C22H21N3O2S/c1-2-6-18-17(5-1)15(9-11-23-18)4-3-10-24-22-25-13-21(28-22)16-7-8-19-20(12-16)27-14-26-19/h1-2,5-9,12-13,23H,3-4,10-11,14H2,(H,24,25). The first-order chi connectivity index (χ1) is 13.9. The van der Waals surface area contributed by atoms with Crippen molar-refractivity contribution in [2.75, 3.05) is 30.5 Å². The molecule has 28 heavy (non-hydrogen) atoms. The van der Waals surface area contributed by atoms with Gasteiger partial charge < -0.3 is 20.1 Å². The topological polar surface area (TPSA) is 55.4 Å². The van der Waals surface area contributed by atoms with Crippen molar-refractivity contribution in [1.29, 1.82) is 0 Å². The van der Waals surface area contributed by atoms with E-state index < -0.39 is 0 Å². The van der Waals surface area contributed by atoms with Gasteiger partial charge in [0.15, 0.2) is 16.6 Å². The lowest BCUT2D eigenvalue weighted by molar-refractivity contribution is 0.174. The summed E-state index contributed by atoms with van der Waals surface area (Å²) in [5.74, 6) is 1.61. The molecule has 0 unspecified atom stereocenters. The lowest BCUT2D eigenvalue weighted by Crippen LogP contribution is -2.09. The number of aromatic nitrogens is 1. The predicted octanol–water partition coefficient (Wildman–Crippen LogP) is 5.24. The molecule has 0 saturated heterocycles. The number of benzene rings is 2. The van der Waals surface area contributed by atoms with E-state index in [1.165, 1.54) is 16.8 Å². The minimum absolute atomic E-state index is 0.297. The zero-order valence-electron chi connectivity index (χ0n) is 15.4. The molecule has 0 fully saturated rings. The molecule has 0 atom stereocenters. The normalized spacial score (nSPS) is 14.2. The zero-order chi connectivity index (χ0) is 18.8. The molecule has 2 N–H and O–H groups in total. The molecule has 1 aromatic heterocycles. The zero-order valence-corrected chi connectivity index (χ0v) is 16.2. The smallest absolute Gasteiger partial charge is 0.231 e. The second-order valence-corrected chi connectivity index (χ2v) is 7.81. The van der Waals surface area contributed by atoms with Crippen LogP contribution in [0.25, 0.3) is 16.0 Å². The molecule has 5 nitrogen and oxygen atoms in total. The Morgan fingerprint density at radius 1 is 1.11 bits per heavy atom. The van der Waals surface area contributed by atoms with Crippen LogP contribution in [0.1, 0.15) is 18.4 Å². The van der Waals surface area contributed by atoms with Gasteiger partial charge in [0.25, 0.3) is 0 Å². The van der Waals surface area contributed by atoms with Gasteiger partial charge in [-0.2, -0.15) is 0 Å². The van der Waals surface area contributed by atoms with E-state index in [2.05, 4.69) is 46.0 Å². The van der Waals surface area contributed by atoms with Crippen molar-refractivity contribution < 1.29 is 9.47 Å². The number of nitrogens with zero attached hydrogens (tertiary/aromatic N) is 1. The Morgan fingerprint density at radius 3 is 3.04 bits per heavy atom. The van der Waals surface area contributed by atoms with E-state index in [9.17, 15) is 0 Å². The Balaban J connectivity index is 1.17. The van der Waals surface area contributed by atoms with Gasteiger partial charge in [-0.15, -0.1) is 0 Å². The average Bonchev–Trinajstić information content (AvgIpc) is 3.40. The second kappa shape index (κ2) is 7.56. The molecule has 2 aromatic carbocycles. The highest BCUT2D eigenvalue weighted by Gasteiger charge is 2.15. The van der Waals surface area contributed by atoms with E-state index in [1.54, 1.807) is 11.3 Å². The van der Waals surface area contributed by atoms with Crippen molar-refractivity contribution in [3.63, 3.8) is 0 Å². The number of hydrogen-bond acceptors (Lipinski definition) is 6. The second-order valence-electron chi connectivity index (χ2n) is 6.78. The predicted molar refractivity (Wildman–Crippen MR) is 114 cm³/mol. The van der Waals surface area contributed by atoms with Gasteiger partial charge in [0, 0.05) is 30.5 Å². The first kappa shape index (κ1) is 17.1. The minimum Gasteiger partial charge on any atom is -0.454 e. The summed E-state index contributed by atoms with van der Waals surface area (Å²) < 4.78 is 10.8. The lowest BCUT2D eigenvalue weighted by Gasteiger charge is -2.19. The molecule has 0 aliphatic carbocycles. The summed E-state index contributed by atoms with van der Waals surface area (Å²) in [5.41, 5.74) is 5.09. The first-order valence-corrected chi connectivity index (χ1v) is 10.3. The number of fused-ring (bicyclic) bond motifs is 2. The SMILES string of the molecule is C1=C(CCCNc2ncc(-c3ccc4c(c3)OCO4)s2)c2ccccc2NC1. The van der Waals surface area contributed by atoms with E-state index >= 15 is 0 Å². The Hall–Kier alpha value is -2.99. The summed E-state index contributed by atoms with van der Waals surface area (Å²) in [7, 11) is 0. The number of para-hydroxylation sites is 1. The van der Waals surface area contributed by atoms with E-state index in [1.807, 2.05) is 24.4 Å². The maximum Gasteiger partial charge on any atom is 0.231 e. The highest BCUT2D eigenvalue weighted by molar-refractivity contribution is 7.18. The number of rotatable bonds is 6. The molecule has 3 heterocycles. The summed E-state index contributed by atoms with van der Waals surface area (Å²) in [4.78, 5) is 5.64. The molecule has 0 saturated carbocycles. The monoisotopic (exact) mass is 391 g/mol. The van der Waals surface area contributed by atoms with Crippen molar-refractivity contribution in [1.82, 2.24) is 4.98 Å². The largest absolute Gasteiger partial charge is 0.454 e. The van der Waals surface area contributed by atoms with Crippen LogP contribution in [0.5, 0.6) is 11.5 Å². The van der Waals surface area contributed by atoms with Crippen LogP contribution in [0.4, 0.5) is 10.8 Å². The summed E-state index contributed by atoms with van der Waals surface area (Å²) in [5, 5.41) is 7.84. The molecule has 0 radical (unpaired) electrons. The van der Waals surface area contributed by atoms with Crippen molar-refractivity contribution in [3.05, 3.63) is 60.3 Å². The highest BCUT2D eigenvalue weighted by atomic mass is 32.1. The molecule has 0 bridgehead atoms. The van der Waals surface area contributed by atoms with E-state index in [0.717, 1.165) is 53.0 Å². The average molecular weight is 391 g/mol. The summed E-state index contributed by atoms with van der Waals surface area (Å²) in [6.07, 6.45) is 6.34. The highest BCUT2D eigenvalue weighted by Crippen LogP contribution is 2.38. The third kappa shape index (κ3) is 3.43.